The first-order chi connectivity index (χ1) is 13.7. The third-order valence-electron chi connectivity index (χ3n) is 5.51. The number of aliphatic hydroxyl groups is 1. The molecule has 1 N–H and O–H groups in total. The quantitative estimate of drug-likeness (QED) is 0.498. The molecule has 0 spiro atoms. The van der Waals surface area contributed by atoms with Gasteiger partial charge in [0, 0.05) is 12.0 Å². The SMILES string of the molecule is COc1ccccc1C(=O)OCC1(CO)C/C(=C\CC(C(C)C)C(C)C)C(=O)O1. The number of aliphatic hydroxyl groups excluding tert-OH is 1. The summed E-state index contributed by atoms with van der Waals surface area (Å²) in [6.45, 7) is 8.04. The lowest BCUT2D eigenvalue weighted by Gasteiger charge is -2.24. The highest BCUT2D eigenvalue weighted by atomic mass is 16.6. The standard InChI is InChI=1S/C23H32O6/c1-15(2)18(16(3)4)11-10-17-12-23(13-24,29-21(17)25)14-28-22(26)19-8-6-7-9-20(19)27-5/h6-10,15-16,18,24H,11-14H2,1-5H3/b17-10+. The molecule has 1 atom stereocenters. The molecular weight excluding hydrogens is 372 g/mol. The molecule has 0 amide bonds. The summed E-state index contributed by atoms with van der Waals surface area (Å²) in [6, 6.07) is 6.71. The van der Waals surface area contributed by atoms with Gasteiger partial charge in [-0.25, -0.2) is 9.59 Å². The molecule has 6 heteroatoms. The van der Waals surface area contributed by atoms with Crippen molar-refractivity contribution in [3.63, 3.8) is 0 Å². The van der Waals surface area contributed by atoms with Crippen molar-refractivity contribution in [1.82, 2.24) is 0 Å². The van der Waals surface area contributed by atoms with E-state index in [-0.39, 0.29) is 18.6 Å². The van der Waals surface area contributed by atoms with E-state index < -0.39 is 24.1 Å². The number of ether oxygens (including phenoxy) is 3. The van der Waals surface area contributed by atoms with Crippen LogP contribution in [0.4, 0.5) is 0 Å². The molecule has 0 bridgehead atoms. The summed E-state index contributed by atoms with van der Waals surface area (Å²) in [6.07, 6.45) is 2.89. The van der Waals surface area contributed by atoms with E-state index in [9.17, 15) is 14.7 Å². The molecule has 1 fully saturated rings. The van der Waals surface area contributed by atoms with Gasteiger partial charge in [0.2, 0.25) is 0 Å². The second-order valence-electron chi connectivity index (χ2n) is 8.30. The molecule has 0 radical (unpaired) electrons. The summed E-state index contributed by atoms with van der Waals surface area (Å²) in [5, 5.41) is 9.87. The van der Waals surface area contributed by atoms with E-state index in [0.717, 1.165) is 6.42 Å². The highest BCUT2D eigenvalue weighted by molar-refractivity contribution is 5.93. The Balaban J connectivity index is 2.07. The summed E-state index contributed by atoms with van der Waals surface area (Å²) in [4.78, 5) is 24.8. The molecule has 1 heterocycles. The normalized spacial score (nSPS) is 20.6. The van der Waals surface area contributed by atoms with Gasteiger partial charge in [-0.1, -0.05) is 45.9 Å². The number of carbonyl (C=O) groups excluding carboxylic acids is 2. The number of benzene rings is 1. The fourth-order valence-corrected chi connectivity index (χ4v) is 3.77. The predicted molar refractivity (Wildman–Crippen MR) is 110 cm³/mol. The number of para-hydroxylation sites is 1. The van der Waals surface area contributed by atoms with Gasteiger partial charge in [0.25, 0.3) is 0 Å². The van der Waals surface area contributed by atoms with Gasteiger partial charge in [0.05, 0.1) is 13.7 Å². The molecule has 160 valence electrons. The van der Waals surface area contributed by atoms with Crippen LogP contribution >= 0.6 is 0 Å². The van der Waals surface area contributed by atoms with Gasteiger partial charge in [0.1, 0.15) is 17.9 Å². The molecular formula is C23H32O6. The Kier molecular flexibility index (Phi) is 7.85. The fourth-order valence-electron chi connectivity index (χ4n) is 3.77. The van der Waals surface area contributed by atoms with Crippen LogP contribution in [0.3, 0.4) is 0 Å². The van der Waals surface area contributed by atoms with Gasteiger partial charge in [-0.05, 0) is 36.3 Å². The highest BCUT2D eigenvalue weighted by Crippen LogP contribution is 2.33. The Labute approximate surface area is 172 Å². The first kappa shape index (κ1) is 22.9. The number of rotatable bonds is 9. The molecule has 1 aromatic carbocycles. The molecule has 0 aromatic heterocycles. The number of hydrogen-bond acceptors (Lipinski definition) is 6. The maximum absolute atomic E-state index is 12.4. The Morgan fingerprint density at radius 3 is 2.48 bits per heavy atom. The number of cyclic esters (lactones) is 1. The van der Waals surface area contributed by atoms with Crippen molar-refractivity contribution in [2.75, 3.05) is 20.3 Å². The van der Waals surface area contributed by atoms with Crippen molar-refractivity contribution in [1.29, 1.82) is 0 Å². The monoisotopic (exact) mass is 404 g/mol. The van der Waals surface area contributed by atoms with Gasteiger partial charge in [-0.2, -0.15) is 0 Å². The van der Waals surface area contributed by atoms with Gasteiger partial charge >= 0.3 is 11.9 Å². The van der Waals surface area contributed by atoms with Crippen LogP contribution in [-0.4, -0.2) is 43.0 Å². The third-order valence-corrected chi connectivity index (χ3v) is 5.51. The van der Waals surface area contributed by atoms with Crippen LogP contribution in [0.5, 0.6) is 5.75 Å². The average Bonchev–Trinajstić information content (AvgIpc) is 3.02. The molecule has 2 rings (SSSR count). The minimum atomic E-state index is -1.24. The summed E-state index contributed by atoms with van der Waals surface area (Å²) >= 11 is 0. The molecule has 1 aliphatic heterocycles. The van der Waals surface area contributed by atoms with Crippen molar-refractivity contribution in [2.24, 2.45) is 17.8 Å². The third kappa shape index (κ3) is 5.60. The molecule has 6 nitrogen and oxygen atoms in total. The maximum atomic E-state index is 12.4. The van der Waals surface area contributed by atoms with Crippen LogP contribution in [0.1, 0.15) is 50.9 Å². The van der Waals surface area contributed by atoms with Crippen molar-refractivity contribution >= 4 is 11.9 Å². The Morgan fingerprint density at radius 1 is 1.24 bits per heavy atom. The zero-order valence-corrected chi connectivity index (χ0v) is 17.9. The van der Waals surface area contributed by atoms with Crippen LogP contribution in [0.2, 0.25) is 0 Å². The number of allylic oxidation sites excluding steroid dienone is 1. The van der Waals surface area contributed by atoms with E-state index in [4.69, 9.17) is 14.2 Å². The second kappa shape index (κ2) is 9.92. The van der Waals surface area contributed by atoms with Crippen molar-refractivity contribution < 1.29 is 28.9 Å². The topological polar surface area (TPSA) is 82.1 Å². The first-order valence-electron chi connectivity index (χ1n) is 10.1. The lowest BCUT2D eigenvalue weighted by atomic mass is 9.82. The zero-order valence-electron chi connectivity index (χ0n) is 17.9. The van der Waals surface area contributed by atoms with Crippen LogP contribution in [0.15, 0.2) is 35.9 Å². The fraction of sp³-hybridized carbons (Fsp3) is 0.565. The molecule has 1 aromatic rings. The van der Waals surface area contributed by atoms with E-state index in [0.29, 0.717) is 29.1 Å². The van der Waals surface area contributed by atoms with Gasteiger partial charge < -0.3 is 19.3 Å². The van der Waals surface area contributed by atoms with Gasteiger partial charge in [0.15, 0.2) is 5.60 Å². The summed E-state index contributed by atoms with van der Waals surface area (Å²) in [5.41, 5.74) is -0.440. The Morgan fingerprint density at radius 2 is 1.90 bits per heavy atom. The van der Waals surface area contributed by atoms with E-state index in [1.807, 2.05) is 6.08 Å². The van der Waals surface area contributed by atoms with Crippen LogP contribution in [0, 0.1) is 17.8 Å². The Bertz CT molecular complexity index is 743. The van der Waals surface area contributed by atoms with E-state index >= 15 is 0 Å². The molecule has 0 saturated carbocycles. The van der Waals surface area contributed by atoms with Crippen molar-refractivity contribution in [3.05, 3.63) is 41.5 Å². The molecule has 0 aliphatic carbocycles. The molecule has 1 unspecified atom stereocenters. The first-order valence-corrected chi connectivity index (χ1v) is 10.1. The van der Waals surface area contributed by atoms with Crippen molar-refractivity contribution in [2.45, 2.75) is 46.1 Å². The molecule has 1 saturated heterocycles. The van der Waals surface area contributed by atoms with Gasteiger partial charge in [-0.3, -0.25) is 0 Å². The average molecular weight is 405 g/mol. The summed E-state index contributed by atoms with van der Waals surface area (Å²) in [5.74, 6) is 0.778. The van der Waals surface area contributed by atoms with Crippen molar-refractivity contribution in [3.8, 4) is 5.75 Å². The minimum absolute atomic E-state index is 0.213. The lowest BCUT2D eigenvalue weighted by molar-refractivity contribution is -0.154. The van der Waals surface area contributed by atoms with E-state index in [2.05, 4.69) is 27.7 Å². The predicted octanol–water partition coefficient (Wildman–Crippen LogP) is 3.77. The number of methoxy groups -OCH3 is 1. The highest BCUT2D eigenvalue weighted by Gasteiger charge is 2.44. The number of carbonyl (C=O) groups is 2. The summed E-state index contributed by atoms with van der Waals surface area (Å²) in [7, 11) is 1.47. The van der Waals surface area contributed by atoms with Crippen LogP contribution in [-0.2, 0) is 14.3 Å². The zero-order chi connectivity index (χ0) is 21.6. The smallest absolute Gasteiger partial charge is 0.342 e. The van der Waals surface area contributed by atoms with E-state index in [1.165, 1.54) is 7.11 Å². The second-order valence-corrected chi connectivity index (χ2v) is 8.30. The lowest BCUT2D eigenvalue weighted by Crippen LogP contribution is -2.39. The largest absolute Gasteiger partial charge is 0.496 e. The van der Waals surface area contributed by atoms with Gasteiger partial charge in [-0.15, -0.1) is 0 Å². The van der Waals surface area contributed by atoms with Crippen LogP contribution < -0.4 is 4.74 Å². The molecule has 1 aliphatic rings. The maximum Gasteiger partial charge on any atom is 0.342 e. The number of hydrogen-bond donors (Lipinski definition) is 1. The van der Waals surface area contributed by atoms with Crippen LogP contribution in [0.25, 0.3) is 0 Å². The molecule has 29 heavy (non-hydrogen) atoms. The minimum Gasteiger partial charge on any atom is -0.496 e. The van der Waals surface area contributed by atoms with E-state index in [1.54, 1.807) is 24.3 Å². The summed E-state index contributed by atoms with van der Waals surface area (Å²) < 4.78 is 16.0. The Hall–Kier alpha value is -2.34. The number of esters is 2.